The van der Waals surface area contributed by atoms with E-state index in [4.69, 9.17) is 14.7 Å². The van der Waals surface area contributed by atoms with E-state index in [-0.39, 0.29) is 0 Å². The van der Waals surface area contributed by atoms with Crippen molar-refractivity contribution in [2.75, 3.05) is 7.11 Å². The Hall–Kier alpha value is -2.11. The summed E-state index contributed by atoms with van der Waals surface area (Å²) < 4.78 is 6.79. The normalized spacial score (nSPS) is 11.5. The third kappa shape index (κ3) is 2.97. The molecule has 3 rings (SSSR count). The van der Waals surface area contributed by atoms with Crippen LogP contribution >= 0.6 is 15.9 Å². The van der Waals surface area contributed by atoms with E-state index >= 15 is 0 Å². The predicted molar refractivity (Wildman–Crippen MR) is 96.8 cm³/mol. The molecule has 0 bridgehead atoms. The smallest absolute Gasteiger partial charge is 0.193 e. The molecule has 0 aliphatic rings. The summed E-state index contributed by atoms with van der Waals surface area (Å²) in [4.78, 5) is 14.1. The lowest BCUT2D eigenvalue weighted by Crippen LogP contribution is -2.35. The van der Waals surface area contributed by atoms with E-state index < -0.39 is 5.60 Å². The Bertz CT molecular complexity index is 756. The molecular formula is C19H18BrN3O. The van der Waals surface area contributed by atoms with Crippen LogP contribution in [0.2, 0.25) is 0 Å². The largest absolute Gasteiger partial charge is 0.359 e. The van der Waals surface area contributed by atoms with Gasteiger partial charge in [0.25, 0.3) is 0 Å². The number of nitrogens with zero attached hydrogens (tertiary/aromatic N) is 3. The minimum Gasteiger partial charge on any atom is -0.359 e. The zero-order valence-corrected chi connectivity index (χ0v) is 15.4. The molecule has 0 aliphatic heterocycles. The van der Waals surface area contributed by atoms with Gasteiger partial charge in [0.15, 0.2) is 5.60 Å². The van der Waals surface area contributed by atoms with Gasteiger partial charge in [-0.1, -0.05) is 18.2 Å². The minimum atomic E-state index is -0.970. The molecule has 24 heavy (non-hydrogen) atoms. The number of hydrogen-bond acceptors (Lipinski definition) is 4. The zero-order chi connectivity index (χ0) is 17.2. The van der Waals surface area contributed by atoms with E-state index in [1.807, 2.05) is 68.4 Å². The van der Waals surface area contributed by atoms with Crippen molar-refractivity contribution in [3.8, 4) is 0 Å². The summed E-state index contributed by atoms with van der Waals surface area (Å²) in [5.74, 6) is 0. The lowest BCUT2D eigenvalue weighted by molar-refractivity contribution is 0.0471. The Balaban J connectivity index is 2.34. The van der Waals surface area contributed by atoms with Crippen molar-refractivity contribution in [3.63, 3.8) is 0 Å². The first-order valence-corrected chi connectivity index (χ1v) is 8.42. The highest BCUT2D eigenvalue weighted by atomic mass is 79.9. The molecule has 4 nitrogen and oxygen atoms in total. The first kappa shape index (κ1) is 16.7. The highest BCUT2D eigenvalue weighted by Crippen LogP contribution is 2.37. The third-order valence-electron chi connectivity index (χ3n) is 3.88. The van der Waals surface area contributed by atoms with Gasteiger partial charge >= 0.3 is 0 Å². The van der Waals surface area contributed by atoms with Crippen LogP contribution in [-0.2, 0) is 10.3 Å². The summed E-state index contributed by atoms with van der Waals surface area (Å²) in [5, 5.41) is 0. The minimum absolute atomic E-state index is 0.732. The van der Waals surface area contributed by atoms with E-state index in [2.05, 4.69) is 20.9 Å². The van der Waals surface area contributed by atoms with E-state index in [0.29, 0.717) is 0 Å². The summed E-state index contributed by atoms with van der Waals surface area (Å²) >= 11 is 3.45. The van der Waals surface area contributed by atoms with Gasteiger partial charge in [-0.15, -0.1) is 0 Å². The van der Waals surface area contributed by atoms with Crippen molar-refractivity contribution in [2.24, 2.45) is 0 Å². The Kier molecular flexibility index (Phi) is 4.73. The maximum Gasteiger partial charge on any atom is 0.193 e. The molecule has 5 heteroatoms. The van der Waals surface area contributed by atoms with E-state index in [1.165, 1.54) is 0 Å². The summed E-state index contributed by atoms with van der Waals surface area (Å²) in [6.45, 7) is 3.92. The molecule has 0 aliphatic carbocycles. The molecule has 0 fully saturated rings. The van der Waals surface area contributed by atoms with Gasteiger partial charge in [-0.2, -0.15) is 0 Å². The van der Waals surface area contributed by atoms with Crippen molar-refractivity contribution in [1.29, 1.82) is 0 Å². The molecule has 3 heterocycles. The van der Waals surface area contributed by atoms with Gasteiger partial charge in [0.2, 0.25) is 0 Å². The first-order valence-electron chi connectivity index (χ1n) is 7.63. The number of rotatable bonds is 4. The highest BCUT2D eigenvalue weighted by Gasteiger charge is 2.41. The Morgan fingerprint density at radius 2 is 1.21 bits per heavy atom. The fraction of sp³-hybridized carbons (Fsp3) is 0.211. The summed E-state index contributed by atoms with van der Waals surface area (Å²) in [6.07, 6.45) is 0. The van der Waals surface area contributed by atoms with Crippen LogP contribution in [0.15, 0.2) is 59.2 Å². The second-order valence-corrected chi connectivity index (χ2v) is 6.37. The number of hydrogen-bond donors (Lipinski definition) is 0. The van der Waals surface area contributed by atoms with Crippen LogP contribution in [0.25, 0.3) is 0 Å². The molecule has 122 valence electrons. The molecule has 0 aromatic carbocycles. The molecule has 0 atom stereocenters. The van der Waals surface area contributed by atoms with Crippen molar-refractivity contribution >= 4 is 15.9 Å². The molecule has 0 N–H and O–H groups in total. The first-order chi connectivity index (χ1) is 11.6. The van der Waals surface area contributed by atoms with Crippen LogP contribution in [0.3, 0.4) is 0 Å². The number of methoxy groups -OCH3 is 1. The lowest BCUT2D eigenvalue weighted by atomic mass is 9.89. The second kappa shape index (κ2) is 6.79. The molecule has 0 spiro atoms. The fourth-order valence-corrected chi connectivity index (χ4v) is 3.13. The number of aryl methyl sites for hydroxylation is 2. The van der Waals surface area contributed by atoms with Gasteiger partial charge in [-0.25, -0.2) is 4.98 Å². The van der Waals surface area contributed by atoms with E-state index in [1.54, 1.807) is 7.11 Å². The molecule has 0 radical (unpaired) electrons. The molecule has 0 amide bonds. The number of pyridine rings is 3. The van der Waals surface area contributed by atoms with Crippen molar-refractivity contribution in [2.45, 2.75) is 19.4 Å². The molecule has 0 saturated heterocycles. The van der Waals surface area contributed by atoms with Crippen LogP contribution in [0.1, 0.15) is 28.5 Å². The Morgan fingerprint density at radius 3 is 1.62 bits per heavy atom. The molecular weight excluding hydrogens is 366 g/mol. The van der Waals surface area contributed by atoms with Crippen molar-refractivity contribution in [3.05, 3.63) is 87.7 Å². The van der Waals surface area contributed by atoms with Crippen molar-refractivity contribution < 1.29 is 4.74 Å². The number of ether oxygens (including phenoxy) is 1. The summed E-state index contributed by atoms with van der Waals surface area (Å²) in [6, 6.07) is 17.5. The van der Waals surface area contributed by atoms with Gasteiger partial charge in [0.05, 0.1) is 17.1 Å². The summed E-state index contributed by atoms with van der Waals surface area (Å²) in [5.41, 5.74) is 3.10. The highest BCUT2D eigenvalue weighted by molar-refractivity contribution is 9.10. The topological polar surface area (TPSA) is 47.9 Å². The molecule has 3 aromatic heterocycles. The monoisotopic (exact) mass is 383 g/mol. The van der Waals surface area contributed by atoms with E-state index in [9.17, 15) is 0 Å². The van der Waals surface area contributed by atoms with Gasteiger partial charge in [-0.3, -0.25) is 9.97 Å². The van der Waals surface area contributed by atoms with E-state index in [0.717, 1.165) is 33.1 Å². The lowest BCUT2D eigenvalue weighted by Gasteiger charge is -2.31. The average Bonchev–Trinajstić information content (AvgIpc) is 2.56. The standard InChI is InChI=1S/C19H18BrN3O/c1-13-7-4-9-15(21-13)19(24-3,16-10-5-8-14(2)22-16)17-11-6-12-18(20)23-17/h4-12H,1-3H3. The summed E-state index contributed by atoms with van der Waals surface area (Å²) in [7, 11) is 1.66. The Labute approximate surface area is 150 Å². The molecule has 0 saturated carbocycles. The zero-order valence-electron chi connectivity index (χ0n) is 13.8. The molecule has 0 unspecified atom stereocenters. The maximum atomic E-state index is 6.05. The Morgan fingerprint density at radius 1 is 0.750 bits per heavy atom. The van der Waals surface area contributed by atoms with Gasteiger partial charge in [0.1, 0.15) is 4.60 Å². The van der Waals surface area contributed by atoms with Crippen LogP contribution in [0.4, 0.5) is 0 Å². The average molecular weight is 384 g/mol. The maximum absolute atomic E-state index is 6.05. The number of aromatic nitrogens is 3. The third-order valence-corrected chi connectivity index (χ3v) is 4.32. The van der Waals surface area contributed by atoms with Crippen LogP contribution in [0.5, 0.6) is 0 Å². The molecule has 3 aromatic rings. The fourth-order valence-electron chi connectivity index (χ4n) is 2.79. The quantitative estimate of drug-likeness (QED) is 0.633. The van der Waals surface area contributed by atoms with Gasteiger partial charge in [-0.05, 0) is 66.2 Å². The number of halogens is 1. The second-order valence-electron chi connectivity index (χ2n) is 5.56. The van der Waals surface area contributed by atoms with Crippen LogP contribution < -0.4 is 0 Å². The van der Waals surface area contributed by atoms with Crippen LogP contribution in [-0.4, -0.2) is 22.1 Å². The van der Waals surface area contributed by atoms with Gasteiger partial charge < -0.3 is 4.74 Å². The van der Waals surface area contributed by atoms with Gasteiger partial charge in [0, 0.05) is 18.5 Å². The predicted octanol–water partition coefficient (Wildman–Crippen LogP) is 4.19. The SMILES string of the molecule is COC(c1cccc(C)n1)(c1cccc(C)n1)c1cccc(Br)n1. The van der Waals surface area contributed by atoms with Crippen molar-refractivity contribution in [1.82, 2.24) is 15.0 Å². The van der Waals surface area contributed by atoms with Crippen LogP contribution in [0, 0.1) is 13.8 Å².